The van der Waals surface area contributed by atoms with E-state index in [1.54, 1.807) is 5.57 Å². The SMILES string of the molecule is CC1CC2C=CC=C12. The third-order valence-corrected chi connectivity index (χ3v) is 2.24. The molecule has 2 aliphatic carbocycles. The summed E-state index contributed by atoms with van der Waals surface area (Å²) in [6, 6.07) is 0. The maximum Gasteiger partial charge on any atom is -0.000877 e. The smallest absolute Gasteiger partial charge is 0.000877 e. The standard InChI is InChI=1S/C8H10/c1-6-5-7-3-2-4-8(6)7/h2-4,6-7H,5H2,1H3. The average Bonchev–Trinajstić information content (AvgIpc) is 2.09. The molecular weight excluding hydrogens is 96.1 g/mol. The Morgan fingerprint density at radius 3 is 3.00 bits per heavy atom. The van der Waals surface area contributed by atoms with Crippen molar-refractivity contribution in [3.63, 3.8) is 0 Å². The molecule has 0 nitrogen and oxygen atoms in total. The molecule has 0 amide bonds. The Labute approximate surface area is 49.9 Å². The highest BCUT2D eigenvalue weighted by Gasteiger charge is 2.30. The second kappa shape index (κ2) is 1.25. The molecule has 2 rings (SSSR count). The third kappa shape index (κ3) is 0.360. The monoisotopic (exact) mass is 106 g/mol. The summed E-state index contributed by atoms with van der Waals surface area (Å²) in [4.78, 5) is 0. The van der Waals surface area contributed by atoms with E-state index in [-0.39, 0.29) is 0 Å². The van der Waals surface area contributed by atoms with Crippen molar-refractivity contribution in [1.29, 1.82) is 0 Å². The summed E-state index contributed by atoms with van der Waals surface area (Å²) in [5, 5.41) is 0. The summed E-state index contributed by atoms with van der Waals surface area (Å²) < 4.78 is 0. The van der Waals surface area contributed by atoms with Gasteiger partial charge >= 0.3 is 0 Å². The Kier molecular flexibility index (Phi) is 0.682. The van der Waals surface area contributed by atoms with Gasteiger partial charge in [-0.05, 0) is 18.3 Å². The molecule has 0 saturated heterocycles. The van der Waals surface area contributed by atoms with Crippen molar-refractivity contribution in [3.8, 4) is 0 Å². The minimum atomic E-state index is 0.852. The van der Waals surface area contributed by atoms with Gasteiger partial charge in [0, 0.05) is 0 Å². The van der Waals surface area contributed by atoms with Crippen molar-refractivity contribution in [2.75, 3.05) is 0 Å². The van der Waals surface area contributed by atoms with Crippen molar-refractivity contribution in [1.82, 2.24) is 0 Å². The van der Waals surface area contributed by atoms with Gasteiger partial charge in [-0.2, -0.15) is 0 Å². The van der Waals surface area contributed by atoms with Crippen LogP contribution in [-0.2, 0) is 0 Å². The number of rotatable bonds is 0. The van der Waals surface area contributed by atoms with Crippen molar-refractivity contribution >= 4 is 0 Å². The number of hydrogen-bond acceptors (Lipinski definition) is 0. The average molecular weight is 106 g/mol. The van der Waals surface area contributed by atoms with Gasteiger partial charge in [0.25, 0.3) is 0 Å². The van der Waals surface area contributed by atoms with Crippen LogP contribution >= 0.6 is 0 Å². The predicted molar refractivity (Wildman–Crippen MR) is 34.5 cm³/mol. The Balaban J connectivity index is 2.26. The molecule has 1 fully saturated rings. The largest absolute Gasteiger partial charge is 0.0773 e. The van der Waals surface area contributed by atoms with Gasteiger partial charge in [0.2, 0.25) is 0 Å². The van der Waals surface area contributed by atoms with Gasteiger partial charge < -0.3 is 0 Å². The predicted octanol–water partition coefficient (Wildman–Crippen LogP) is 2.14. The molecule has 0 aromatic rings. The summed E-state index contributed by atoms with van der Waals surface area (Å²) >= 11 is 0. The Morgan fingerprint density at radius 1 is 1.62 bits per heavy atom. The van der Waals surface area contributed by atoms with Crippen LogP contribution in [0.5, 0.6) is 0 Å². The van der Waals surface area contributed by atoms with Crippen LogP contribution in [0.15, 0.2) is 23.8 Å². The lowest BCUT2D eigenvalue weighted by atomic mass is 9.73. The molecule has 0 bridgehead atoms. The summed E-state index contributed by atoms with van der Waals surface area (Å²) in [5.41, 5.74) is 1.66. The number of hydrogen-bond donors (Lipinski definition) is 0. The van der Waals surface area contributed by atoms with Crippen molar-refractivity contribution in [2.24, 2.45) is 11.8 Å². The fourth-order valence-corrected chi connectivity index (χ4v) is 1.64. The molecule has 0 aliphatic heterocycles. The van der Waals surface area contributed by atoms with Crippen LogP contribution in [0.1, 0.15) is 13.3 Å². The molecule has 0 spiro atoms. The van der Waals surface area contributed by atoms with E-state index in [4.69, 9.17) is 0 Å². The number of allylic oxidation sites excluding steroid dienone is 4. The molecule has 1 saturated carbocycles. The van der Waals surface area contributed by atoms with Crippen LogP contribution in [0.3, 0.4) is 0 Å². The second-order valence-corrected chi connectivity index (χ2v) is 2.79. The van der Waals surface area contributed by atoms with E-state index < -0.39 is 0 Å². The lowest BCUT2D eigenvalue weighted by Crippen LogP contribution is -2.20. The van der Waals surface area contributed by atoms with Crippen molar-refractivity contribution < 1.29 is 0 Å². The van der Waals surface area contributed by atoms with Gasteiger partial charge in [0.1, 0.15) is 0 Å². The Bertz CT molecular complexity index is 163. The van der Waals surface area contributed by atoms with E-state index >= 15 is 0 Å². The zero-order valence-corrected chi connectivity index (χ0v) is 5.09. The quantitative estimate of drug-likeness (QED) is 0.444. The molecule has 8 heavy (non-hydrogen) atoms. The Hall–Kier alpha value is -0.520. The topological polar surface area (TPSA) is 0 Å². The molecule has 0 heteroatoms. The summed E-state index contributed by atoms with van der Waals surface area (Å²) in [6.45, 7) is 2.30. The summed E-state index contributed by atoms with van der Waals surface area (Å²) in [5.74, 6) is 1.74. The van der Waals surface area contributed by atoms with Gasteiger partial charge in [0.15, 0.2) is 0 Å². The van der Waals surface area contributed by atoms with Gasteiger partial charge in [0.05, 0.1) is 0 Å². The molecule has 2 atom stereocenters. The molecule has 2 aliphatic rings. The van der Waals surface area contributed by atoms with Crippen molar-refractivity contribution in [2.45, 2.75) is 13.3 Å². The molecule has 0 aromatic carbocycles. The maximum absolute atomic E-state index is 2.30. The van der Waals surface area contributed by atoms with Crippen LogP contribution in [0, 0.1) is 11.8 Å². The van der Waals surface area contributed by atoms with Crippen molar-refractivity contribution in [3.05, 3.63) is 23.8 Å². The fraction of sp³-hybridized carbons (Fsp3) is 0.500. The first kappa shape index (κ1) is 4.37. The zero-order chi connectivity index (χ0) is 5.56. The van der Waals surface area contributed by atoms with Crippen LogP contribution in [-0.4, -0.2) is 0 Å². The van der Waals surface area contributed by atoms with Gasteiger partial charge in [-0.3, -0.25) is 0 Å². The lowest BCUT2D eigenvalue weighted by Gasteiger charge is -2.32. The molecule has 2 unspecified atom stereocenters. The van der Waals surface area contributed by atoms with E-state index in [2.05, 4.69) is 25.2 Å². The molecule has 0 radical (unpaired) electrons. The van der Waals surface area contributed by atoms with Crippen LogP contribution in [0.4, 0.5) is 0 Å². The maximum atomic E-state index is 2.30. The minimum Gasteiger partial charge on any atom is -0.0773 e. The van der Waals surface area contributed by atoms with E-state index in [0.717, 1.165) is 11.8 Å². The zero-order valence-electron chi connectivity index (χ0n) is 5.09. The Morgan fingerprint density at radius 2 is 2.50 bits per heavy atom. The summed E-state index contributed by atoms with van der Waals surface area (Å²) in [7, 11) is 0. The van der Waals surface area contributed by atoms with Crippen LogP contribution in [0.2, 0.25) is 0 Å². The van der Waals surface area contributed by atoms with Gasteiger partial charge in [-0.25, -0.2) is 0 Å². The third-order valence-electron chi connectivity index (χ3n) is 2.24. The van der Waals surface area contributed by atoms with E-state index in [1.165, 1.54) is 6.42 Å². The van der Waals surface area contributed by atoms with E-state index in [1.807, 2.05) is 0 Å². The highest BCUT2D eigenvalue weighted by molar-refractivity contribution is 5.34. The number of fused-ring (bicyclic) bond motifs is 1. The first-order valence-electron chi connectivity index (χ1n) is 3.26. The molecule has 0 heterocycles. The molecule has 0 N–H and O–H groups in total. The lowest BCUT2D eigenvalue weighted by molar-refractivity contribution is 0.402. The molecule has 42 valence electrons. The molecular formula is C8H10. The highest BCUT2D eigenvalue weighted by Crippen LogP contribution is 2.42. The van der Waals surface area contributed by atoms with Crippen LogP contribution in [0.25, 0.3) is 0 Å². The van der Waals surface area contributed by atoms with Gasteiger partial charge in [-0.1, -0.05) is 30.7 Å². The van der Waals surface area contributed by atoms with E-state index in [9.17, 15) is 0 Å². The van der Waals surface area contributed by atoms with Crippen LogP contribution < -0.4 is 0 Å². The summed E-state index contributed by atoms with van der Waals surface area (Å²) in [6.07, 6.45) is 8.14. The molecule has 0 aromatic heterocycles. The highest BCUT2D eigenvalue weighted by atomic mass is 14.3. The first-order chi connectivity index (χ1) is 3.88. The van der Waals surface area contributed by atoms with E-state index in [0.29, 0.717) is 0 Å². The minimum absolute atomic E-state index is 0.852. The normalized spacial score (nSPS) is 40.9. The fourth-order valence-electron chi connectivity index (χ4n) is 1.64. The first-order valence-corrected chi connectivity index (χ1v) is 3.26. The van der Waals surface area contributed by atoms with Gasteiger partial charge in [-0.15, -0.1) is 0 Å². The second-order valence-electron chi connectivity index (χ2n) is 2.79.